The molecule has 1 aliphatic carbocycles. The number of nitrogens with one attached hydrogen (secondary N) is 1. The third-order valence-corrected chi connectivity index (χ3v) is 4.48. The number of aryl methyl sites for hydroxylation is 1. The van der Waals surface area contributed by atoms with Gasteiger partial charge in [-0.05, 0) is 38.6 Å². The van der Waals surface area contributed by atoms with E-state index in [1.165, 1.54) is 32.1 Å². The van der Waals surface area contributed by atoms with E-state index in [9.17, 15) is 0 Å². The first-order chi connectivity index (χ1) is 10.3. The Morgan fingerprint density at radius 2 is 2.10 bits per heavy atom. The maximum Gasteiger partial charge on any atom is 0.0813 e. The molecular weight excluding hydrogens is 264 g/mol. The second kappa shape index (κ2) is 8.49. The van der Waals surface area contributed by atoms with Crippen molar-refractivity contribution in [2.24, 2.45) is 13.0 Å². The van der Waals surface area contributed by atoms with Gasteiger partial charge in [-0.2, -0.15) is 0 Å². The summed E-state index contributed by atoms with van der Waals surface area (Å²) in [6.07, 6.45) is 9.81. The van der Waals surface area contributed by atoms with Crippen molar-refractivity contribution in [2.75, 3.05) is 13.2 Å². The van der Waals surface area contributed by atoms with Gasteiger partial charge in [0.05, 0.1) is 24.0 Å². The molecule has 1 saturated carbocycles. The van der Waals surface area contributed by atoms with Gasteiger partial charge in [-0.3, -0.25) is 4.68 Å². The van der Waals surface area contributed by atoms with Crippen molar-refractivity contribution < 1.29 is 4.74 Å². The van der Waals surface area contributed by atoms with Crippen molar-refractivity contribution in [1.29, 1.82) is 0 Å². The molecule has 0 aliphatic heterocycles. The van der Waals surface area contributed by atoms with Crippen molar-refractivity contribution in [1.82, 2.24) is 20.3 Å². The van der Waals surface area contributed by atoms with Crippen LogP contribution in [0.1, 0.15) is 64.1 Å². The van der Waals surface area contributed by atoms with Gasteiger partial charge in [-0.1, -0.05) is 31.4 Å². The van der Waals surface area contributed by atoms with Gasteiger partial charge in [0.25, 0.3) is 0 Å². The Hall–Kier alpha value is -0.940. The predicted molar refractivity (Wildman–Crippen MR) is 84.0 cm³/mol. The zero-order chi connectivity index (χ0) is 15.1. The SMILES string of the molecule is CCCNC(c1cnnn1C)C(OCC)C1CCCCC1. The second-order valence-corrected chi connectivity index (χ2v) is 6.03. The molecule has 1 aliphatic rings. The lowest BCUT2D eigenvalue weighted by atomic mass is 9.81. The highest BCUT2D eigenvalue weighted by molar-refractivity contribution is 5.06. The molecule has 21 heavy (non-hydrogen) atoms. The average Bonchev–Trinajstić information content (AvgIpc) is 2.93. The minimum atomic E-state index is 0.188. The Labute approximate surface area is 128 Å². The molecule has 1 fully saturated rings. The summed E-state index contributed by atoms with van der Waals surface area (Å²) >= 11 is 0. The Bertz CT molecular complexity index is 401. The molecule has 1 heterocycles. The molecule has 2 atom stereocenters. The minimum absolute atomic E-state index is 0.188. The van der Waals surface area contributed by atoms with Crippen molar-refractivity contribution in [3.05, 3.63) is 11.9 Å². The molecule has 2 unspecified atom stereocenters. The van der Waals surface area contributed by atoms with Gasteiger partial charge in [0.1, 0.15) is 0 Å². The summed E-state index contributed by atoms with van der Waals surface area (Å²) < 4.78 is 8.07. The minimum Gasteiger partial charge on any atom is -0.376 e. The second-order valence-electron chi connectivity index (χ2n) is 6.03. The Kier molecular flexibility index (Phi) is 6.64. The van der Waals surface area contributed by atoms with Gasteiger partial charge >= 0.3 is 0 Å². The number of hydrogen-bond acceptors (Lipinski definition) is 4. The topological polar surface area (TPSA) is 52.0 Å². The molecule has 1 aromatic heterocycles. The first-order valence-electron chi connectivity index (χ1n) is 8.47. The van der Waals surface area contributed by atoms with Crippen LogP contribution < -0.4 is 5.32 Å². The van der Waals surface area contributed by atoms with E-state index in [2.05, 4.69) is 29.5 Å². The van der Waals surface area contributed by atoms with Crippen molar-refractivity contribution >= 4 is 0 Å². The molecule has 5 nitrogen and oxygen atoms in total. The molecule has 5 heteroatoms. The first-order valence-corrected chi connectivity index (χ1v) is 8.47. The van der Waals surface area contributed by atoms with Crippen LogP contribution in [0.25, 0.3) is 0 Å². The molecular formula is C16H30N4O. The summed E-state index contributed by atoms with van der Waals surface area (Å²) in [5.74, 6) is 0.642. The average molecular weight is 294 g/mol. The monoisotopic (exact) mass is 294 g/mol. The van der Waals surface area contributed by atoms with Crippen LogP contribution in [0.5, 0.6) is 0 Å². The quantitative estimate of drug-likeness (QED) is 0.801. The lowest BCUT2D eigenvalue weighted by Gasteiger charge is -2.36. The number of aromatic nitrogens is 3. The van der Waals surface area contributed by atoms with E-state index in [4.69, 9.17) is 4.74 Å². The standard InChI is InChI=1S/C16H30N4O/c1-4-11-17-15(14-12-18-19-20(14)3)16(21-5-2)13-9-7-6-8-10-13/h12-13,15-17H,4-11H2,1-3H3. The summed E-state index contributed by atoms with van der Waals surface area (Å²) in [6.45, 7) is 6.04. The Balaban J connectivity index is 2.19. The zero-order valence-electron chi connectivity index (χ0n) is 13.7. The molecule has 2 rings (SSSR count). The lowest BCUT2D eigenvalue weighted by Crippen LogP contribution is -2.41. The highest BCUT2D eigenvalue weighted by Crippen LogP contribution is 2.34. The van der Waals surface area contributed by atoms with Crippen LogP contribution in [-0.4, -0.2) is 34.2 Å². The summed E-state index contributed by atoms with van der Waals surface area (Å²) in [6, 6.07) is 0.188. The van der Waals surface area contributed by atoms with Gasteiger partial charge in [0.2, 0.25) is 0 Å². The van der Waals surface area contributed by atoms with Crippen molar-refractivity contribution in [2.45, 2.75) is 64.5 Å². The molecule has 0 spiro atoms. The zero-order valence-corrected chi connectivity index (χ0v) is 13.7. The first kappa shape index (κ1) is 16.4. The number of hydrogen-bond donors (Lipinski definition) is 1. The van der Waals surface area contributed by atoms with E-state index in [0.29, 0.717) is 5.92 Å². The van der Waals surface area contributed by atoms with Gasteiger partial charge in [-0.15, -0.1) is 5.10 Å². The third-order valence-electron chi connectivity index (χ3n) is 4.48. The maximum atomic E-state index is 6.19. The van der Waals surface area contributed by atoms with Crippen LogP contribution in [0.3, 0.4) is 0 Å². The molecule has 0 radical (unpaired) electrons. The highest BCUT2D eigenvalue weighted by atomic mass is 16.5. The molecule has 1 aromatic rings. The van der Waals surface area contributed by atoms with E-state index in [0.717, 1.165) is 25.3 Å². The lowest BCUT2D eigenvalue weighted by molar-refractivity contribution is -0.0200. The fraction of sp³-hybridized carbons (Fsp3) is 0.875. The van der Waals surface area contributed by atoms with E-state index in [1.54, 1.807) is 0 Å². The van der Waals surface area contributed by atoms with Crippen LogP contribution in [0, 0.1) is 5.92 Å². The molecule has 0 amide bonds. The highest BCUT2D eigenvalue weighted by Gasteiger charge is 2.33. The number of nitrogens with zero attached hydrogens (tertiary/aromatic N) is 3. The molecule has 0 saturated heterocycles. The van der Waals surface area contributed by atoms with Gasteiger partial charge in [0.15, 0.2) is 0 Å². The fourth-order valence-electron chi connectivity index (χ4n) is 3.43. The van der Waals surface area contributed by atoms with Crippen LogP contribution >= 0.6 is 0 Å². The summed E-state index contributed by atoms with van der Waals surface area (Å²) in [4.78, 5) is 0. The van der Waals surface area contributed by atoms with Gasteiger partial charge < -0.3 is 10.1 Å². The van der Waals surface area contributed by atoms with Crippen LogP contribution in [0.4, 0.5) is 0 Å². The molecule has 1 N–H and O–H groups in total. The summed E-state index contributed by atoms with van der Waals surface area (Å²) in [5, 5.41) is 11.8. The van der Waals surface area contributed by atoms with Crippen molar-refractivity contribution in [3.8, 4) is 0 Å². The van der Waals surface area contributed by atoms with E-state index in [1.807, 2.05) is 17.9 Å². The normalized spacial score (nSPS) is 19.6. The number of ether oxygens (including phenoxy) is 1. The van der Waals surface area contributed by atoms with Gasteiger partial charge in [0, 0.05) is 13.7 Å². The van der Waals surface area contributed by atoms with Crippen LogP contribution in [-0.2, 0) is 11.8 Å². The predicted octanol–water partition coefficient (Wildman–Crippen LogP) is 2.84. The Morgan fingerprint density at radius 3 is 2.67 bits per heavy atom. The smallest absolute Gasteiger partial charge is 0.0813 e. The van der Waals surface area contributed by atoms with Crippen LogP contribution in [0.15, 0.2) is 6.20 Å². The molecule has 120 valence electrons. The number of rotatable bonds is 8. The summed E-state index contributed by atoms with van der Waals surface area (Å²) in [5.41, 5.74) is 1.13. The third kappa shape index (κ3) is 4.27. The largest absolute Gasteiger partial charge is 0.376 e. The molecule has 0 bridgehead atoms. The van der Waals surface area contributed by atoms with E-state index < -0.39 is 0 Å². The maximum absolute atomic E-state index is 6.19. The Morgan fingerprint density at radius 1 is 1.33 bits per heavy atom. The van der Waals surface area contributed by atoms with E-state index >= 15 is 0 Å². The van der Waals surface area contributed by atoms with Crippen molar-refractivity contribution in [3.63, 3.8) is 0 Å². The molecule has 0 aromatic carbocycles. The summed E-state index contributed by atoms with van der Waals surface area (Å²) in [7, 11) is 1.97. The van der Waals surface area contributed by atoms with Gasteiger partial charge in [-0.25, -0.2) is 0 Å². The fourth-order valence-corrected chi connectivity index (χ4v) is 3.43. The van der Waals surface area contributed by atoms with E-state index in [-0.39, 0.29) is 12.1 Å². The van der Waals surface area contributed by atoms with Crippen LogP contribution in [0.2, 0.25) is 0 Å².